The summed E-state index contributed by atoms with van der Waals surface area (Å²) >= 11 is 1.94. The SMILES string of the molecule is CC(C)(C)c1ccc(N2c3cc(-n4c5ccc(C(C)(C)C)cc5c5cc(C(C)(C)C)ccc54)ccc3B3c4c2cc(C(C)(C)C)cc4N(c2ccc(C(C)(C)C)cc2)c2c3n(-c3ccc(C(C)(C)C)cc3)c3ccc4c5ccccc5sc4c23)cc1. The van der Waals surface area contributed by atoms with Crippen molar-refractivity contribution in [3.8, 4) is 11.4 Å². The maximum absolute atomic E-state index is 2.69. The molecule has 0 amide bonds. The smallest absolute Gasteiger partial charge is 0.273 e. The summed E-state index contributed by atoms with van der Waals surface area (Å²) in [6, 6.07) is 69.5. The highest BCUT2D eigenvalue weighted by Crippen LogP contribution is 2.53. The molecule has 5 heterocycles. The van der Waals surface area contributed by atoms with Crippen LogP contribution in [0.5, 0.6) is 0 Å². The van der Waals surface area contributed by atoms with Crippen LogP contribution in [0.4, 0.5) is 34.1 Å². The van der Waals surface area contributed by atoms with Gasteiger partial charge in [0.25, 0.3) is 6.71 Å². The van der Waals surface area contributed by atoms with E-state index in [-0.39, 0.29) is 39.2 Å². The number of hydrogen-bond donors (Lipinski definition) is 0. The molecule has 9 aromatic carbocycles. The summed E-state index contributed by atoms with van der Waals surface area (Å²) in [7, 11) is 0. The van der Waals surface area contributed by atoms with Crippen LogP contribution in [-0.2, 0) is 32.5 Å². The van der Waals surface area contributed by atoms with Crippen molar-refractivity contribution in [1.82, 2.24) is 9.13 Å². The quantitative estimate of drug-likeness (QED) is 0.163. The van der Waals surface area contributed by atoms with Crippen molar-refractivity contribution >= 4 is 122 Å². The first-order valence-corrected chi connectivity index (χ1v) is 32.1. The van der Waals surface area contributed by atoms with Crippen molar-refractivity contribution < 1.29 is 0 Å². The highest BCUT2D eigenvalue weighted by molar-refractivity contribution is 7.26. The predicted molar refractivity (Wildman–Crippen MR) is 377 cm³/mol. The van der Waals surface area contributed by atoms with E-state index in [9.17, 15) is 0 Å². The number of nitrogens with zero attached hydrogens (tertiary/aromatic N) is 4. The molecule has 0 saturated heterocycles. The molecule has 2 aliphatic rings. The second-order valence-corrected chi connectivity index (χ2v) is 32.3. The summed E-state index contributed by atoms with van der Waals surface area (Å²) in [6.07, 6.45) is 0. The van der Waals surface area contributed by atoms with Crippen LogP contribution in [0.2, 0.25) is 0 Å². The normalized spacial score (nSPS) is 14.1. The van der Waals surface area contributed by atoms with Crippen molar-refractivity contribution in [3.05, 3.63) is 209 Å². The number of benzene rings is 9. The Morgan fingerprint density at radius 1 is 0.326 bits per heavy atom. The summed E-state index contributed by atoms with van der Waals surface area (Å²) < 4.78 is 7.85. The second kappa shape index (κ2) is 18.9. The number of hydrogen-bond acceptors (Lipinski definition) is 3. The number of thiophene rings is 1. The Morgan fingerprint density at radius 2 is 0.767 bits per heavy atom. The minimum atomic E-state index is -0.199. The van der Waals surface area contributed by atoms with Gasteiger partial charge in [-0.2, -0.15) is 0 Å². The molecule has 6 heteroatoms. The average Bonchev–Trinajstić information content (AvgIpc) is 1.35. The zero-order valence-corrected chi connectivity index (χ0v) is 54.8. The molecule has 86 heavy (non-hydrogen) atoms. The minimum absolute atomic E-state index is 0.0107. The number of fused-ring (bicyclic) bond motifs is 13. The lowest BCUT2D eigenvalue weighted by molar-refractivity contribution is 0.589. The van der Waals surface area contributed by atoms with Crippen molar-refractivity contribution in [2.75, 3.05) is 9.80 Å². The van der Waals surface area contributed by atoms with Crippen LogP contribution in [-0.4, -0.2) is 15.8 Å². The largest absolute Gasteiger partial charge is 0.319 e. The Bertz CT molecular complexity index is 4660. The molecule has 0 fully saturated rings. The molecule has 0 unspecified atom stereocenters. The summed E-state index contributed by atoms with van der Waals surface area (Å²) in [5.74, 6) is 0. The topological polar surface area (TPSA) is 16.3 Å². The lowest BCUT2D eigenvalue weighted by Crippen LogP contribution is -2.63. The third-order valence-corrected chi connectivity index (χ3v) is 20.3. The van der Waals surface area contributed by atoms with E-state index < -0.39 is 0 Å². The van der Waals surface area contributed by atoms with Gasteiger partial charge in [0.15, 0.2) is 0 Å². The van der Waals surface area contributed by atoms with Gasteiger partial charge in [-0.15, -0.1) is 11.3 Å². The lowest BCUT2D eigenvalue weighted by atomic mass is 9.34. The first kappa shape index (κ1) is 56.0. The number of rotatable bonds is 4. The van der Waals surface area contributed by atoms with Crippen molar-refractivity contribution in [1.29, 1.82) is 0 Å². The molecule has 0 bridgehead atoms. The van der Waals surface area contributed by atoms with E-state index in [4.69, 9.17) is 0 Å². The lowest BCUT2D eigenvalue weighted by Gasteiger charge is -2.45. The highest BCUT2D eigenvalue weighted by atomic mass is 32.1. The van der Waals surface area contributed by atoms with Crippen molar-refractivity contribution in [2.24, 2.45) is 0 Å². The van der Waals surface area contributed by atoms with Crippen LogP contribution in [0, 0.1) is 0 Å². The molecule has 2 aliphatic heterocycles. The van der Waals surface area contributed by atoms with Crippen LogP contribution in [0.15, 0.2) is 176 Å². The van der Waals surface area contributed by atoms with Crippen LogP contribution >= 0.6 is 11.3 Å². The van der Waals surface area contributed by atoms with Gasteiger partial charge in [-0.3, -0.25) is 0 Å². The molecule has 0 saturated carbocycles. The van der Waals surface area contributed by atoms with Gasteiger partial charge in [0, 0.05) is 81.7 Å². The van der Waals surface area contributed by atoms with Gasteiger partial charge in [0.05, 0.1) is 22.2 Å². The number of aromatic nitrogens is 2. The van der Waals surface area contributed by atoms with Crippen LogP contribution in [0.1, 0.15) is 158 Å². The van der Waals surface area contributed by atoms with E-state index in [0.29, 0.717) is 0 Å². The third-order valence-electron chi connectivity index (χ3n) is 19.1. The molecular formula is C80H83BN4S. The predicted octanol–water partition coefficient (Wildman–Crippen LogP) is 21.0. The van der Waals surface area contributed by atoms with E-state index in [1.165, 1.54) is 126 Å². The Kier molecular flexibility index (Phi) is 12.3. The number of anilines is 6. The molecule has 432 valence electrons. The maximum Gasteiger partial charge on any atom is 0.273 e. The molecule has 0 spiro atoms. The van der Waals surface area contributed by atoms with E-state index >= 15 is 0 Å². The Balaban J connectivity index is 1.15. The summed E-state index contributed by atoms with van der Waals surface area (Å²) in [4.78, 5) is 5.33. The van der Waals surface area contributed by atoms with Gasteiger partial charge in [-0.05, 0) is 174 Å². The zero-order valence-electron chi connectivity index (χ0n) is 54.0. The molecule has 0 radical (unpaired) electrons. The van der Waals surface area contributed by atoms with Crippen LogP contribution in [0.3, 0.4) is 0 Å². The molecular weight excluding hydrogens is 1060 g/mol. The molecule has 12 aromatic rings. The molecule has 14 rings (SSSR count). The van der Waals surface area contributed by atoms with Gasteiger partial charge >= 0.3 is 0 Å². The first-order chi connectivity index (χ1) is 40.4. The Morgan fingerprint density at radius 3 is 1.28 bits per heavy atom. The maximum atomic E-state index is 2.69. The van der Waals surface area contributed by atoms with Gasteiger partial charge in [-0.25, -0.2) is 0 Å². The standard InChI is InChI=1S/C80H83BN4S/c1-75(2,3)48-23-31-54(32-24-48)82-66-47-57(83-63-40-29-51(78(10,11)12)43-60(63)61-44-52(79(13,14)15)30-41-64(61)83)37-39-62(66)81-71-67(82)45-53(80(16,17)18)46-68(71)84(55-33-25-49(26-34-55)76(4,5)6)72-70-65(42-38-59-58-21-19-20-22-69(58)86-73(59)70)85(74(72)81)56-35-27-50(28-36-56)77(7,8)9/h19-47H,1-18H3. The fourth-order valence-electron chi connectivity index (χ4n) is 14.0. The van der Waals surface area contributed by atoms with Gasteiger partial charge in [0.1, 0.15) is 0 Å². The fourth-order valence-corrected chi connectivity index (χ4v) is 15.2. The Labute approximate surface area is 515 Å². The van der Waals surface area contributed by atoms with E-state index in [1.807, 2.05) is 11.3 Å². The van der Waals surface area contributed by atoms with Crippen LogP contribution in [0.25, 0.3) is 64.3 Å². The van der Waals surface area contributed by atoms with Gasteiger partial charge in [0.2, 0.25) is 0 Å². The third kappa shape index (κ3) is 8.81. The summed E-state index contributed by atoms with van der Waals surface area (Å²) in [5.41, 5.74) is 24.7. The zero-order chi connectivity index (χ0) is 60.7. The molecule has 0 N–H and O–H groups in total. The van der Waals surface area contributed by atoms with E-state index in [0.717, 1.165) is 22.7 Å². The molecule has 0 aliphatic carbocycles. The summed E-state index contributed by atoms with van der Waals surface area (Å²) in [5, 5.41) is 6.47. The van der Waals surface area contributed by atoms with Crippen molar-refractivity contribution in [3.63, 3.8) is 0 Å². The van der Waals surface area contributed by atoms with E-state index in [1.54, 1.807) is 0 Å². The van der Waals surface area contributed by atoms with E-state index in [2.05, 4.69) is 319 Å². The van der Waals surface area contributed by atoms with Crippen molar-refractivity contribution in [2.45, 2.75) is 157 Å². The molecule has 0 atom stereocenters. The molecule has 3 aromatic heterocycles. The minimum Gasteiger partial charge on any atom is -0.319 e. The Hall–Kier alpha value is -7.80. The highest BCUT2D eigenvalue weighted by Gasteiger charge is 2.48. The fraction of sp³-hybridized carbons (Fsp3) is 0.300. The monoisotopic (exact) mass is 1140 g/mol. The molecule has 4 nitrogen and oxygen atoms in total. The van der Waals surface area contributed by atoms with Gasteiger partial charge in [-0.1, -0.05) is 203 Å². The first-order valence-electron chi connectivity index (χ1n) is 31.3. The second-order valence-electron chi connectivity index (χ2n) is 31.2. The average molecular weight is 1140 g/mol. The van der Waals surface area contributed by atoms with Crippen LogP contribution < -0.4 is 26.3 Å². The van der Waals surface area contributed by atoms with Gasteiger partial charge < -0.3 is 18.9 Å². The summed E-state index contributed by atoms with van der Waals surface area (Å²) in [6.45, 7) is 41.9.